The van der Waals surface area contributed by atoms with Gasteiger partial charge in [0, 0.05) is 38.8 Å². The molecular weight excluding hydrogens is 268 g/mol. The van der Waals surface area contributed by atoms with Gasteiger partial charge in [-0.25, -0.2) is 0 Å². The zero-order valence-electron chi connectivity index (χ0n) is 14.3. The van der Waals surface area contributed by atoms with E-state index >= 15 is 0 Å². The van der Waals surface area contributed by atoms with Crippen LogP contribution in [0.4, 0.5) is 0 Å². The summed E-state index contributed by atoms with van der Waals surface area (Å²) in [6.07, 6.45) is 1.25. The molecule has 1 rings (SSSR count). The van der Waals surface area contributed by atoms with Crippen molar-refractivity contribution in [3.63, 3.8) is 0 Å². The van der Waals surface area contributed by atoms with Gasteiger partial charge in [0.2, 0.25) is 0 Å². The molecule has 0 bridgehead atoms. The first-order valence-electron chi connectivity index (χ1n) is 8.25. The summed E-state index contributed by atoms with van der Waals surface area (Å²) in [7, 11) is 1.68. The van der Waals surface area contributed by atoms with Crippen molar-refractivity contribution in [1.29, 1.82) is 0 Å². The summed E-state index contributed by atoms with van der Waals surface area (Å²) in [5, 5.41) is 3.58. The summed E-state index contributed by atoms with van der Waals surface area (Å²) in [5.41, 5.74) is 0. The second-order valence-electron chi connectivity index (χ2n) is 6.31. The van der Waals surface area contributed by atoms with Crippen LogP contribution in [-0.4, -0.2) is 76.8 Å². The lowest BCUT2D eigenvalue weighted by atomic mass is 9.99. The smallest absolute Gasteiger partial charge is 0.0701 e. The normalized spacial score (nSPS) is 23.9. The van der Waals surface area contributed by atoms with Crippen molar-refractivity contribution in [2.24, 2.45) is 5.92 Å². The molecule has 0 amide bonds. The predicted molar refractivity (Wildman–Crippen MR) is 85.8 cm³/mol. The molecule has 5 nitrogen and oxygen atoms in total. The van der Waals surface area contributed by atoms with E-state index in [4.69, 9.17) is 14.2 Å². The van der Waals surface area contributed by atoms with Crippen molar-refractivity contribution in [2.45, 2.75) is 39.3 Å². The van der Waals surface area contributed by atoms with E-state index in [2.05, 4.69) is 31.0 Å². The van der Waals surface area contributed by atoms with Crippen LogP contribution in [0.1, 0.15) is 27.2 Å². The van der Waals surface area contributed by atoms with Gasteiger partial charge in [0.25, 0.3) is 0 Å². The average molecular weight is 302 g/mol. The molecule has 0 spiro atoms. The summed E-state index contributed by atoms with van der Waals surface area (Å²) in [5.74, 6) is 0.739. The van der Waals surface area contributed by atoms with E-state index in [-0.39, 0.29) is 0 Å². The van der Waals surface area contributed by atoms with Gasteiger partial charge in [0.1, 0.15) is 0 Å². The van der Waals surface area contributed by atoms with E-state index in [1.807, 2.05) is 0 Å². The molecule has 1 fully saturated rings. The number of hydrogen-bond acceptors (Lipinski definition) is 5. The highest BCUT2D eigenvalue weighted by molar-refractivity contribution is 4.84. The summed E-state index contributed by atoms with van der Waals surface area (Å²) in [6.45, 7) is 13.5. The Morgan fingerprint density at radius 3 is 2.43 bits per heavy atom. The molecule has 0 aromatic rings. The van der Waals surface area contributed by atoms with Gasteiger partial charge in [0.05, 0.1) is 33.0 Å². The van der Waals surface area contributed by atoms with Crippen molar-refractivity contribution in [3.8, 4) is 0 Å². The van der Waals surface area contributed by atoms with Crippen LogP contribution in [0.15, 0.2) is 0 Å². The minimum Gasteiger partial charge on any atom is -0.382 e. The third kappa shape index (κ3) is 8.73. The molecule has 1 aliphatic heterocycles. The summed E-state index contributed by atoms with van der Waals surface area (Å²) >= 11 is 0. The zero-order valence-corrected chi connectivity index (χ0v) is 14.3. The van der Waals surface area contributed by atoms with Gasteiger partial charge < -0.3 is 19.5 Å². The van der Waals surface area contributed by atoms with E-state index in [1.54, 1.807) is 7.11 Å². The first-order valence-corrected chi connectivity index (χ1v) is 8.25. The van der Waals surface area contributed by atoms with Crippen LogP contribution in [-0.2, 0) is 14.2 Å². The number of piperazine rings is 1. The molecule has 1 N–H and O–H groups in total. The Morgan fingerprint density at radius 1 is 1.10 bits per heavy atom. The van der Waals surface area contributed by atoms with Gasteiger partial charge in [-0.05, 0) is 19.3 Å². The number of methoxy groups -OCH3 is 1. The number of nitrogens with zero attached hydrogens (tertiary/aromatic N) is 1. The van der Waals surface area contributed by atoms with Crippen LogP contribution in [0.3, 0.4) is 0 Å². The fraction of sp³-hybridized carbons (Fsp3) is 1.00. The molecule has 2 unspecified atom stereocenters. The van der Waals surface area contributed by atoms with E-state index in [0.717, 1.165) is 32.2 Å². The third-order valence-electron chi connectivity index (χ3n) is 3.80. The molecule has 1 aliphatic rings. The minimum absolute atomic E-state index is 0.575. The Hall–Kier alpha value is -0.200. The van der Waals surface area contributed by atoms with Gasteiger partial charge in [-0.15, -0.1) is 0 Å². The fourth-order valence-electron chi connectivity index (χ4n) is 2.73. The maximum Gasteiger partial charge on any atom is 0.0701 e. The fourth-order valence-corrected chi connectivity index (χ4v) is 2.73. The van der Waals surface area contributed by atoms with E-state index in [9.17, 15) is 0 Å². The topological polar surface area (TPSA) is 43.0 Å². The molecule has 0 saturated carbocycles. The summed E-state index contributed by atoms with van der Waals surface area (Å²) in [6, 6.07) is 1.22. The molecule has 5 heteroatoms. The highest BCUT2D eigenvalue weighted by Crippen LogP contribution is 2.15. The maximum atomic E-state index is 5.68. The van der Waals surface area contributed by atoms with Gasteiger partial charge in [0.15, 0.2) is 0 Å². The predicted octanol–water partition coefficient (Wildman–Crippen LogP) is 1.37. The lowest BCUT2D eigenvalue weighted by molar-refractivity contribution is 0.0116. The first kappa shape index (κ1) is 18.8. The lowest BCUT2D eigenvalue weighted by Crippen LogP contribution is -2.56. The second-order valence-corrected chi connectivity index (χ2v) is 6.31. The van der Waals surface area contributed by atoms with Crippen LogP contribution in [0, 0.1) is 5.92 Å². The largest absolute Gasteiger partial charge is 0.382 e. The van der Waals surface area contributed by atoms with E-state index < -0.39 is 0 Å². The van der Waals surface area contributed by atoms with Crippen molar-refractivity contribution < 1.29 is 14.2 Å². The molecule has 1 heterocycles. The van der Waals surface area contributed by atoms with Crippen LogP contribution >= 0.6 is 0 Å². The van der Waals surface area contributed by atoms with Crippen LogP contribution in [0.25, 0.3) is 0 Å². The monoisotopic (exact) mass is 302 g/mol. The quantitative estimate of drug-likeness (QED) is 0.584. The Labute approximate surface area is 130 Å². The summed E-state index contributed by atoms with van der Waals surface area (Å²) < 4.78 is 16.0. The molecule has 2 atom stereocenters. The third-order valence-corrected chi connectivity index (χ3v) is 3.80. The molecular formula is C16H34N2O3. The standard InChI is InChI=1S/C16H34N2O3/c1-14(2)11-16-12-17-15(3)13-18(16)5-6-20-9-10-21-8-7-19-4/h14-17H,5-13H2,1-4H3. The van der Waals surface area contributed by atoms with Crippen molar-refractivity contribution in [1.82, 2.24) is 10.2 Å². The molecule has 0 aromatic heterocycles. The minimum atomic E-state index is 0.575. The zero-order chi connectivity index (χ0) is 15.5. The second kappa shape index (κ2) is 11.4. The van der Waals surface area contributed by atoms with Gasteiger partial charge in [-0.1, -0.05) is 13.8 Å². The molecule has 21 heavy (non-hydrogen) atoms. The van der Waals surface area contributed by atoms with Gasteiger partial charge >= 0.3 is 0 Å². The van der Waals surface area contributed by atoms with Crippen molar-refractivity contribution in [3.05, 3.63) is 0 Å². The van der Waals surface area contributed by atoms with Crippen LogP contribution in [0.5, 0.6) is 0 Å². The van der Waals surface area contributed by atoms with Crippen molar-refractivity contribution >= 4 is 0 Å². The molecule has 0 aromatic carbocycles. The Bertz CT molecular complexity index is 252. The maximum absolute atomic E-state index is 5.68. The van der Waals surface area contributed by atoms with Gasteiger partial charge in [-0.2, -0.15) is 0 Å². The van der Waals surface area contributed by atoms with Gasteiger partial charge in [-0.3, -0.25) is 4.90 Å². The SMILES string of the molecule is COCCOCCOCCN1CC(C)NCC1CC(C)C. The lowest BCUT2D eigenvalue weighted by Gasteiger charge is -2.40. The number of hydrogen-bond donors (Lipinski definition) is 1. The Morgan fingerprint density at radius 2 is 1.76 bits per heavy atom. The number of rotatable bonds is 11. The van der Waals surface area contributed by atoms with E-state index in [0.29, 0.717) is 38.5 Å². The number of nitrogens with one attached hydrogen (secondary N) is 1. The Balaban J connectivity index is 2.12. The van der Waals surface area contributed by atoms with Crippen LogP contribution < -0.4 is 5.32 Å². The molecule has 126 valence electrons. The number of ether oxygens (including phenoxy) is 3. The molecule has 1 saturated heterocycles. The van der Waals surface area contributed by atoms with Crippen molar-refractivity contribution in [2.75, 3.05) is 59.8 Å². The first-order chi connectivity index (χ1) is 10.1. The van der Waals surface area contributed by atoms with E-state index in [1.165, 1.54) is 6.42 Å². The highest BCUT2D eigenvalue weighted by Gasteiger charge is 2.25. The summed E-state index contributed by atoms with van der Waals surface area (Å²) in [4.78, 5) is 2.58. The molecule has 0 radical (unpaired) electrons. The average Bonchev–Trinajstić information content (AvgIpc) is 2.44. The Kier molecular flexibility index (Phi) is 10.2. The molecule has 0 aliphatic carbocycles. The highest BCUT2D eigenvalue weighted by atomic mass is 16.5. The van der Waals surface area contributed by atoms with Crippen LogP contribution in [0.2, 0.25) is 0 Å².